The molecular formula is C13H24O. The van der Waals surface area contributed by atoms with Gasteiger partial charge in [-0.15, -0.1) is 0 Å². The number of unbranched alkanes of at least 4 members (excludes halogenated alkanes) is 1. The summed E-state index contributed by atoms with van der Waals surface area (Å²) >= 11 is 0. The highest BCUT2D eigenvalue weighted by Crippen LogP contribution is 2.56. The summed E-state index contributed by atoms with van der Waals surface area (Å²) in [5.74, 6) is 0. The van der Waals surface area contributed by atoms with Gasteiger partial charge in [0.1, 0.15) is 0 Å². The number of hydrogen-bond donors (Lipinski definition) is 0. The van der Waals surface area contributed by atoms with Gasteiger partial charge >= 0.3 is 0 Å². The van der Waals surface area contributed by atoms with Crippen molar-refractivity contribution < 1.29 is 4.74 Å². The molecule has 1 nitrogen and oxygen atoms in total. The lowest BCUT2D eigenvalue weighted by molar-refractivity contribution is 0.163. The first kappa shape index (κ1) is 10.5. The van der Waals surface area contributed by atoms with Crippen LogP contribution in [0, 0.1) is 5.41 Å². The van der Waals surface area contributed by atoms with Gasteiger partial charge in [0, 0.05) is 0 Å². The Morgan fingerprint density at radius 2 is 2.07 bits per heavy atom. The van der Waals surface area contributed by atoms with Crippen LogP contribution >= 0.6 is 0 Å². The lowest BCUT2D eigenvalue weighted by Crippen LogP contribution is -2.31. The fourth-order valence-corrected chi connectivity index (χ4v) is 3.05. The zero-order valence-corrected chi connectivity index (χ0v) is 9.94. The summed E-state index contributed by atoms with van der Waals surface area (Å²) < 4.78 is 5.80. The Kier molecular flexibility index (Phi) is 2.63. The summed E-state index contributed by atoms with van der Waals surface area (Å²) in [6.45, 7) is 6.95. The third kappa shape index (κ3) is 1.71. The van der Waals surface area contributed by atoms with Gasteiger partial charge < -0.3 is 4.74 Å². The number of epoxide rings is 1. The van der Waals surface area contributed by atoms with Gasteiger partial charge in [-0.3, -0.25) is 0 Å². The van der Waals surface area contributed by atoms with E-state index in [4.69, 9.17) is 4.74 Å². The second-order valence-corrected chi connectivity index (χ2v) is 5.58. The minimum atomic E-state index is 0.297. The van der Waals surface area contributed by atoms with Gasteiger partial charge in [-0.05, 0) is 38.0 Å². The minimum absolute atomic E-state index is 0.297. The van der Waals surface area contributed by atoms with E-state index in [2.05, 4.69) is 20.8 Å². The highest BCUT2D eigenvalue weighted by Gasteiger charge is 2.58. The van der Waals surface area contributed by atoms with Gasteiger partial charge in [0.15, 0.2) is 0 Å². The molecule has 0 amide bonds. The number of fused-ring (bicyclic) bond motifs is 1. The molecule has 0 aromatic rings. The predicted molar refractivity (Wildman–Crippen MR) is 59.4 cm³/mol. The molecule has 0 bridgehead atoms. The fraction of sp³-hybridized carbons (Fsp3) is 1.00. The maximum absolute atomic E-state index is 5.80. The largest absolute Gasteiger partial charge is 0.366 e. The van der Waals surface area contributed by atoms with Crippen molar-refractivity contribution in [1.29, 1.82) is 0 Å². The van der Waals surface area contributed by atoms with Gasteiger partial charge in [0.05, 0.1) is 11.7 Å². The van der Waals surface area contributed by atoms with Crippen molar-refractivity contribution in [2.75, 3.05) is 0 Å². The van der Waals surface area contributed by atoms with E-state index in [0.29, 0.717) is 17.1 Å². The molecule has 3 atom stereocenters. The molecule has 0 aromatic heterocycles. The Balaban J connectivity index is 1.93. The van der Waals surface area contributed by atoms with E-state index in [-0.39, 0.29) is 0 Å². The van der Waals surface area contributed by atoms with Crippen molar-refractivity contribution >= 4 is 0 Å². The first-order chi connectivity index (χ1) is 6.64. The molecule has 82 valence electrons. The van der Waals surface area contributed by atoms with Crippen LogP contribution in [0.5, 0.6) is 0 Å². The smallest absolute Gasteiger partial charge is 0.0920 e. The topological polar surface area (TPSA) is 12.5 Å². The van der Waals surface area contributed by atoms with Crippen LogP contribution in [-0.2, 0) is 4.74 Å². The molecule has 1 aliphatic carbocycles. The summed E-state index contributed by atoms with van der Waals surface area (Å²) in [6, 6.07) is 0. The molecule has 0 radical (unpaired) electrons. The van der Waals surface area contributed by atoms with E-state index >= 15 is 0 Å². The van der Waals surface area contributed by atoms with Crippen LogP contribution in [0.1, 0.15) is 65.7 Å². The predicted octanol–water partition coefficient (Wildman–Crippen LogP) is 3.91. The Morgan fingerprint density at radius 1 is 1.29 bits per heavy atom. The molecule has 1 heteroatoms. The zero-order valence-electron chi connectivity index (χ0n) is 9.94. The molecule has 1 aliphatic heterocycles. The second kappa shape index (κ2) is 3.52. The van der Waals surface area contributed by atoms with Crippen molar-refractivity contribution in [2.45, 2.75) is 77.4 Å². The Bertz CT molecular complexity index is 213. The molecule has 2 rings (SSSR count). The number of ether oxygens (including phenoxy) is 1. The lowest BCUT2D eigenvalue weighted by Gasteiger charge is -2.36. The summed E-state index contributed by atoms with van der Waals surface area (Å²) in [6.07, 6.45) is 10.2. The SMILES string of the molecule is CCCCC1(CC)CCC2(C)OC2C1. The highest BCUT2D eigenvalue weighted by atomic mass is 16.6. The van der Waals surface area contributed by atoms with Crippen molar-refractivity contribution in [3.05, 3.63) is 0 Å². The van der Waals surface area contributed by atoms with Crippen LogP contribution in [0.25, 0.3) is 0 Å². The maximum atomic E-state index is 5.80. The molecule has 3 unspecified atom stereocenters. The molecule has 1 saturated heterocycles. The third-order valence-corrected chi connectivity index (χ3v) is 4.62. The fourth-order valence-electron chi connectivity index (χ4n) is 3.05. The van der Waals surface area contributed by atoms with Crippen LogP contribution in [0.4, 0.5) is 0 Å². The Hall–Kier alpha value is -0.0400. The van der Waals surface area contributed by atoms with Gasteiger partial charge in [0.2, 0.25) is 0 Å². The number of hydrogen-bond acceptors (Lipinski definition) is 1. The molecule has 2 aliphatic rings. The van der Waals surface area contributed by atoms with Crippen molar-refractivity contribution in [3.8, 4) is 0 Å². The summed E-state index contributed by atoms with van der Waals surface area (Å²) in [7, 11) is 0. The lowest BCUT2D eigenvalue weighted by atomic mass is 9.67. The van der Waals surface area contributed by atoms with Gasteiger partial charge in [0.25, 0.3) is 0 Å². The molecule has 0 aromatic carbocycles. The zero-order chi connectivity index (χ0) is 10.2. The van der Waals surface area contributed by atoms with E-state index in [9.17, 15) is 0 Å². The Labute approximate surface area is 88.2 Å². The van der Waals surface area contributed by atoms with Crippen LogP contribution in [0.3, 0.4) is 0 Å². The molecule has 1 heterocycles. The van der Waals surface area contributed by atoms with E-state index in [1.807, 2.05) is 0 Å². The van der Waals surface area contributed by atoms with Crippen molar-refractivity contribution in [2.24, 2.45) is 5.41 Å². The quantitative estimate of drug-likeness (QED) is 0.621. The minimum Gasteiger partial charge on any atom is -0.366 e. The van der Waals surface area contributed by atoms with E-state index in [0.717, 1.165) is 0 Å². The van der Waals surface area contributed by atoms with Crippen LogP contribution < -0.4 is 0 Å². The van der Waals surface area contributed by atoms with Crippen molar-refractivity contribution in [3.63, 3.8) is 0 Å². The average molecular weight is 196 g/mol. The van der Waals surface area contributed by atoms with Gasteiger partial charge in [-0.1, -0.05) is 33.1 Å². The monoisotopic (exact) mass is 196 g/mol. The van der Waals surface area contributed by atoms with Gasteiger partial charge in [-0.25, -0.2) is 0 Å². The first-order valence-corrected chi connectivity index (χ1v) is 6.32. The van der Waals surface area contributed by atoms with Gasteiger partial charge in [-0.2, -0.15) is 0 Å². The summed E-state index contributed by atoms with van der Waals surface area (Å²) in [5, 5.41) is 0. The number of rotatable bonds is 4. The highest BCUT2D eigenvalue weighted by molar-refractivity contribution is 5.07. The molecule has 0 spiro atoms. The first-order valence-electron chi connectivity index (χ1n) is 6.32. The molecule has 0 N–H and O–H groups in total. The van der Waals surface area contributed by atoms with Crippen molar-refractivity contribution in [1.82, 2.24) is 0 Å². The standard InChI is InChI=1S/C13H24O/c1-4-6-7-13(5-2)9-8-12(3)11(10-13)14-12/h11H,4-10H2,1-3H3. The summed E-state index contributed by atoms with van der Waals surface area (Å²) in [4.78, 5) is 0. The van der Waals surface area contributed by atoms with E-state index in [1.54, 1.807) is 0 Å². The molecule has 14 heavy (non-hydrogen) atoms. The normalized spacial score (nSPS) is 46.1. The second-order valence-electron chi connectivity index (χ2n) is 5.58. The molecular weight excluding hydrogens is 172 g/mol. The molecule has 2 fully saturated rings. The van der Waals surface area contributed by atoms with Crippen LogP contribution in [0.15, 0.2) is 0 Å². The van der Waals surface area contributed by atoms with E-state index < -0.39 is 0 Å². The molecule has 1 saturated carbocycles. The van der Waals surface area contributed by atoms with Crippen LogP contribution in [0.2, 0.25) is 0 Å². The third-order valence-electron chi connectivity index (χ3n) is 4.62. The average Bonchev–Trinajstić information content (AvgIpc) is 2.85. The van der Waals surface area contributed by atoms with E-state index in [1.165, 1.54) is 44.9 Å². The van der Waals surface area contributed by atoms with Crippen LogP contribution in [-0.4, -0.2) is 11.7 Å². The summed E-state index contributed by atoms with van der Waals surface area (Å²) in [5.41, 5.74) is 0.932. The Morgan fingerprint density at radius 3 is 2.64 bits per heavy atom. The maximum Gasteiger partial charge on any atom is 0.0920 e.